The molecule has 0 atom stereocenters. The first kappa shape index (κ1) is 17.5. The smallest absolute Gasteiger partial charge is 0.416 e. The van der Waals surface area contributed by atoms with Crippen LogP contribution >= 0.6 is 0 Å². The Hall–Kier alpha value is -2.83. The highest BCUT2D eigenvalue weighted by Gasteiger charge is 2.30. The zero-order chi connectivity index (χ0) is 17.7. The normalized spacial score (nSPS) is 11.0. The number of carbonyl (C=O) groups is 2. The van der Waals surface area contributed by atoms with Crippen LogP contribution in [0.3, 0.4) is 0 Å². The lowest BCUT2D eigenvalue weighted by Crippen LogP contribution is -2.13. The average Bonchev–Trinajstić information content (AvgIpc) is 2.54. The van der Waals surface area contributed by atoms with Gasteiger partial charge in [0.05, 0.1) is 17.7 Å². The van der Waals surface area contributed by atoms with Crippen LogP contribution in [0.4, 0.5) is 18.9 Å². The van der Waals surface area contributed by atoms with Gasteiger partial charge in [-0.1, -0.05) is 6.07 Å². The van der Waals surface area contributed by atoms with Gasteiger partial charge in [0.25, 0.3) is 5.91 Å². The fourth-order valence-electron chi connectivity index (χ4n) is 1.95. The van der Waals surface area contributed by atoms with E-state index in [1.807, 2.05) is 0 Å². The Kier molecular flexibility index (Phi) is 5.23. The molecule has 126 valence electrons. The Balaban J connectivity index is 2.12. The van der Waals surface area contributed by atoms with Crippen LogP contribution in [0.25, 0.3) is 0 Å². The van der Waals surface area contributed by atoms with Gasteiger partial charge in [-0.15, -0.1) is 0 Å². The van der Waals surface area contributed by atoms with Gasteiger partial charge in [0.1, 0.15) is 0 Å². The molecule has 0 aliphatic heterocycles. The highest BCUT2D eigenvalue weighted by Crippen LogP contribution is 2.29. The number of rotatable bonds is 4. The molecule has 0 unspecified atom stereocenters. The molecule has 1 amide bonds. The van der Waals surface area contributed by atoms with Gasteiger partial charge in [-0.3, -0.25) is 4.79 Å². The van der Waals surface area contributed by atoms with E-state index in [-0.39, 0.29) is 17.7 Å². The topological polar surface area (TPSA) is 55.4 Å². The molecule has 7 heteroatoms. The first-order valence-corrected chi connectivity index (χ1v) is 7.07. The Morgan fingerprint density at radius 3 is 2.29 bits per heavy atom. The van der Waals surface area contributed by atoms with Crippen LogP contribution in [0.2, 0.25) is 0 Å². The summed E-state index contributed by atoms with van der Waals surface area (Å²) in [6, 6.07) is 9.94. The van der Waals surface area contributed by atoms with Crippen molar-refractivity contribution in [2.45, 2.75) is 13.1 Å². The molecule has 0 radical (unpaired) electrons. The maximum atomic E-state index is 12.5. The van der Waals surface area contributed by atoms with E-state index < -0.39 is 23.6 Å². The van der Waals surface area contributed by atoms with Crippen LogP contribution in [-0.2, 0) is 10.9 Å². The fourth-order valence-corrected chi connectivity index (χ4v) is 1.95. The van der Waals surface area contributed by atoms with Gasteiger partial charge in [0.15, 0.2) is 0 Å². The van der Waals surface area contributed by atoms with Gasteiger partial charge in [0, 0.05) is 11.3 Å². The van der Waals surface area contributed by atoms with Crippen molar-refractivity contribution in [2.75, 3.05) is 11.9 Å². The van der Waals surface area contributed by atoms with Crippen molar-refractivity contribution in [2.24, 2.45) is 0 Å². The number of carbonyl (C=O) groups excluding carboxylic acids is 2. The number of ether oxygens (including phenoxy) is 1. The zero-order valence-corrected chi connectivity index (χ0v) is 12.7. The summed E-state index contributed by atoms with van der Waals surface area (Å²) in [6.07, 6.45) is -4.46. The summed E-state index contributed by atoms with van der Waals surface area (Å²) in [5.74, 6) is -1.10. The van der Waals surface area contributed by atoms with Crippen molar-refractivity contribution >= 4 is 17.6 Å². The second-order valence-corrected chi connectivity index (χ2v) is 4.83. The molecule has 2 aromatic carbocycles. The molecule has 0 heterocycles. The number of amides is 1. The van der Waals surface area contributed by atoms with Crippen LogP contribution < -0.4 is 5.32 Å². The molecule has 0 aliphatic rings. The average molecular weight is 337 g/mol. The van der Waals surface area contributed by atoms with E-state index in [2.05, 4.69) is 5.32 Å². The minimum absolute atomic E-state index is 0.0736. The number of benzene rings is 2. The number of hydrogen-bond acceptors (Lipinski definition) is 3. The molecule has 24 heavy (non-hydrogen) atoms. The van der Waals surface area contributed by atoms with Gasteiger partial charge in [-0.05, 0) is 49.4 Å². The molecule has 0 aliphatic carbocycles. The summed E-state index contributed by atoms with van der Waals surface area (Å²) in [6.45, 7) is 1.90. The Bertz CT molecular complexity index is 739. The Morgan fingerprint density at radius 2 is 1.71 bits per heavy atom. The summed E-state index contributed by atoms with van der Waals surface area (Å²) >= 11 is 0. The summed E-state index contributed by atoms with van der Waals surface area (Å²) in [5.41, 5.74) is -0.152. The van der Waals surface area contributed by atoms with E-state index in [4.69, 9.17) is 4.74 Å². The first-order chi connectivity index (χ1) is 11.3. The third kappa shape index (κ3) is 4.34. The third-order valence-electron chi connectivity index (χ3n) is 3.11. The molecule has 0 saturated heterocycles. The molecule has 2 aromatic rings. The van der Waals surface area contributed by atoms with Crippen molar-refractivity contribution in [1.29, 1.82) is 0 Å². The SMILES string of the molecule is CCOC(=O)c1cccc(NC(=O)c2ccc(C(F)(F)F)cc2)c1. The third-order valence-corrected chi connectivity index (χ3v) is 3.11. The van der Waals surface area contributed by atoms with E-state index >= 15 is 0 Å². The molecule has 0 saturated carbocycles. The summed E-state index contributed by atoms with van der Waals surface area (Å²) in [4.78, 5) is 23.7. The van der Waals surface area contributed by atoms with Crippen LogP contribution in [0, 0.1) is 0 Å². The van der Waals surface area contributed by atoms with Gasteiger partial charge >= 0.3 is 12.1 Å². The number of alkyl halides is 3. The maximum Gasteiger partial charge on any atom is 0.416 e. The van der Waals surface area contributed by atoms with Crippen LogP contribution in [0.5, 0.6) is 0 Å². The highest BCUT2D eigenvalue weighted by atomic mass is 19.4. The predicted molar refractivity (Wildman–Crippen MR) is 81.8 cm³/mol. The monoisotopic (exact) mass is 337 g/mol. The first-order valence-electron chi connectivity index (χ1n) is 7.07. The molecule has 0 bridgehead atoms. The lowest BCUT2D eigenvalue weighted by Gasteiger charge is -2.09. The molecule has 2 rings (SSSR count). The number of esters is 1. The number of anilines is 1. The van der Waals surface area contributed by atoms with Crippen molar-refractivity contribution in [3.05, 3.63) is 65.2 Å². The van der Waals surface area contributed by atoms with Crippen LogP contribution in [0.15, 0.2) is 48.5 Å². The van der Waals surface area contributed by atoms with Crippen molar-refractivity contribution in [3.63, 3.8) is 0 Å². The molecular formula is C17H14F3NO3. The van der Waals surface area contributed by atoms with E-state index in [1.54, 1.807) is 19.1 Å². The van der Waals surface area contributed by atoms with Crippen molar-refractivity contribution in [1.82, 2.24) is 0 Å². The Labute approximate surface area is 136 Å². The quantitative estimate of drug-likeness (QED) is 0.853. The minimum atomic E-state index is -4.46. The lowest BCUT2D eigenvalue weighted by atomic mass is 10.1. The summed E-state index contributed by atoms with van der Waals surface area (Å²) < 4.78 is 42.4. The molecule has 0 aromatic heterocycles. The van der Waals surface area contributed by atoms with E-state index in [9.17, 15) is 22.8 Å². The number of nitrogens with one attached hydrogen (secondary N) is 1. The van der Waals surface area contributed by atoms with Crippen LogP contribution in [-0.4, -0.2) is 18.5 Å². The van der Waals surface area contributed by atoms with Gasteiger partial charge in [0.2, 0.25) is 0 Å². The van der Waals surface area contributed by atoms with Crippen molar-refractivity contribution < 1.29 is 27.5 Å². The van der Waals surface area contributed by atoms with Crippen molar-refractivity contribution in [3.8, 4) is 0 Å². The van der Waals surface area contributed by atoms with E-state index in [0.717, 1.165) is 24.3 Å². The summed E-state index contributed by atoms with van der Waals surface area (Å²) in [5, 5.41) is 2.53. The standard InChI is InChI=1S/C17H14F3NO3/c1-2-24-16(23)12-4-3-5-14(10-12)21-15(22)11-6-8-13(9-7-11)17(18,19)20/h3-10H,2H2,1H3,(H,21,22). The van der Waals surface area contributed by atoms with Crippen LogP contribution in [0.1, 0.15) is 33.2 Å². The zero-order valence-electron chi connectivity index (χ0n) is 12.7. The molecule has 1 N–H and O–H groups in total. The second-order valence-electron chi connectivity index (χ2n) is 4.83. The van der Waals surface area contributed by atoms with Gasteiger partial charge in [-0.25, -0.2) is 4.79 Å². The van der Waals surface area contributed by atoms with Gasteiger partial charge < -0.3 is 10.1 Å². The fraction of sp³-hybridized carbons (Fsp3) is 0.176. The highest BCUT2D eigenvalue weighted by molar-refractivity contribution is 6.04. The molecule has 4 nitrogen and oxygen atoms in total. The van der Waals surface area contributed by atoms with E-state index in [0.29, 0.717) is 5.69 Å². The maximum absolute atomic E-state index is 12.5. The largest absolute Gasteiger partial charge is 0.462 e. The van der Waals surface area contributed by atoms with Gasteiger partial charge in [-0.2, -0.15) is 13.2 Å². The Morgan fingerprint density at radius 1 is 1.04 bits per heavy atom. The molecular weight excluding hydrogens is 323 g/mol. The molecule has 0 spiro atoms. The second kappa shape index (κ2) is 7.16. The number of halogens is 3. The predicted octanol–water partition coefficient (Wildman–Crippen LogP) is 4.13. The minimum Gasteiger partial charge on any atom is -0.462 e. The van der Waals surface area contributed by atoms with E-state index in [1.165, 1.54) is 12.1 Å². The lowest BCUT2D eigenvalue weighted by molar-refractivity contribution is -0.137. The molecule has 0 fully saturated rings. The number of hydrogen-bond donors (Lipinski definition) is 1. The summed E-state index contributed by atoms with van der Waals surface area (Å²) in [7, 11) is 0.